The molecule has 0 bridgehead atoms. The first-order valence-electron chi connectivity index (χ1n) is 6.75. The number of carbonyl (C=O) groups excluding carboxylic acids is 1. The summed E-state index contributed by atoms with van der Waals surface area (Å²) < 4.78 is 5.04. The Kier molecular flexibility index (Phi) is 7.98. The van der Waals surface area contributed by atoms with Crippen LogP contribution in [0.2, 0.25) is 0 Å². The monoisotopic (exact) mass is 299 g/mol. The molecule has 20 heavy (non-hydrogen) atoms. The second kappa shape index (κ2) is 9.55. The third kappa shape index (κ3) is 6.21. The zero-order valence-electron chi connectivity index (χ0n) is 11.8. The van der Waals surface area contributed by atoms with Gasteiger partial charge < -0.3 is 15.0 Å². The summed E-state index contributed by atoms with van der Waals surface area (Å²) in [4.78, 5) is 29.6. The smallest absolute Gasteiger partial charge is 0.323 e. The highest BCUT2D eigenvalue weighted by atomic mass is 32.2. The number of esters is 1. The van der Waals surface area contributed by atoms with E-state index < -0.39 is 0 Å². The molecule has 1 rings (SSSR count). The fraction of sp³-hybridized carbons (Fsp3) is 0.615. The number of H-pyrrole nitrogens is 1. The number of aromatic nitrogens is 2. The zero-order valence-corrected chi connectivity index (χ0v) is 12.7. The largest absolute Gasteiger partial charge is 0.465 e. The van der Waals surface area contributed by atoms with Crippen LogP contribution in [-0.2, 0) is 9.53 Å². The fourth-order valence-electron chi connectivity index (χ4n) is 1.56. The number of carbonyl (C=O) groups is 1. The van der Waals surface area contributed by atoms with Crippen molar-refractivity contribution in [3.05, 3.63) is 22.6 Å². The Morgan fingerprint density at radius 2 is 2.35 bits per heavy atom. The molecule has 0 saturated heterocycles. The minimum atomic E-state index is -0.308. The zero-order chi connectivity index (χ0) is 14.8. The molecule has 112 valence electrons. The number of nitrogens with one attached hydrogen (secondary N) is 2. The third-order valence-corrected chi connectivity index (χ3v) is 3.43. The Hall–Kier alpha value is -1.34. The van der Waals surface area contributed by atoms with Crippen molar-refractivity contribution in [3.63, 3.8) is 0 Å². The molecule has 0 saturated carbocycles. The summed E-state index contributed by atoms with van der Waals surface area (Å²) in [6, 6.07) is 1.06. The van der Waals surface area contributed by atoms with Crippen molar-refractivity contribution >= 4 is 17.7 Å². The Morgan fingerprint density at radius 3 is 3.00 bits per heavy atom. The maximum Gasteiger partial charge on any atom is 0.323 e. The van der Waals surface area contributed by atoms with Crippen molar-refractivity contribution in [1.82, 2.24) is 15.3 Å². The number of hydrogen-bond acceptors (Lipinski definition) is 6. The summed E-state index contributed by atoms with van der Waals surface area (Å²) in [5.74, 6) is 0.448. The predicted molar refractivity (Wildman–Crippen MR) is 78.9 cm³/mol. The van der Waals surface area contributed by atoms with Crippen LogP contribution in [0.1, 0.15) is 26.7 Å². The van der Waals surface area contributed by atoms with E-state index in [1.807, 2.05) is 6.92 Å². The molecule has 0 aliphatic heterocycles. The molecule has 1 heterocycles. The van der Waals surface area contributed by atoms with Gasteiger partial charge in [0.1, 0.15) is 6.04 Å². The van der Waals surface area contributed by atoms with Crippen LogP contribution >= 0.6 is 11.8 Å². The van der Waals surface area contributed by atoms with Gasteiger partial charge in [0.2, 0.25) is 0 Å². The van der Waals surface area contributed by atoms with E-state index in [9.17, 15) is 9.59 Å². The summed E-state index contributed by atoms with van der Waals surface area (Å²) in [6.45, 7) is 4.99. The van der Waals surface area contributed by atoms with E-state index in [-0.39, 0.29) is 17.6 Å². The van der Waals surface area contributed by atoms with Crippen LogP contribution in [0.25, 0.3) is 0 Å². The SMILES string of the molecule is CCCNC(CCSc1nccc(=O)[nH]1)C(=O)OCC. The van der Waals surface area contributed by atoms with Gasteiger partial charge in [-0.25, -0.2) is 4.98 Å². The van der Waals surface area contributed by atoms with Crippen molar-refractivity contribution in [2.45, 2.75) is 37.9 Å². The highest BCUT2D eigenvalue weighted by Gasteiger charge is 2.18. The molecule has 0 aromatic carbocycles. The molecule has 1 aromatic rings. The molecule has 0 spiro atoms. The van der Waals surface area contributed by atoms with Crippen LogP contribution in [-0.4, -0.2) is 40.9 Å². The molecule has 0 amide bonds. The lowest BCUT2D eigenvalue weighted by Gasteiger charge is -2.16. The Labute approximate surface area is 122 Å². The molecule has 0 aliphatic carbocycles. The number of aromatic amines is 1. The van der Waals surface area contributed by atoms with Gasteiger partial charge in [-0.3, -0.25) is 9.59 Å². The standard InChI is InChI=1S/C13H21N3O3S/c1-3-7-14-10(12(18)19-4-2)6-9-20-13-15-8-5-11(17)16-13/h5,8,10,14H,3-4,6-7,9H2,1-2H3,(H,15,16,17). The van der Waals surface area contributed by atoms with Gasteiger partial charge in [-0.2, -0.15) is 0 Å². The van der Waals surface area contributed by atoms with Crippen LogP contribution < -0.4 is 10.9 Å². The summed E-state index contributed by atoms with van der Waals surface area (Å²) in [7, 11) is 0. The van der Waals surface area contributed by atoms with Crippen LogP contribution in [0.15, 0.2) is 22.2 Å². The average molecular weight is 299 g/mol. The van der Waals surface area contributed by atoms with E-state index in [1.54, 1.807) is 6.92 Å². The van der Waals surface area contributed by atoms with Gasteiger partial charge in [0, 0.05) is 18.0 Å². The van der Waals surface area contributed by atoms with Gasteiger partial charge in [-0.05, 0) is 26.3 Å². The highest BCUT2D eigenvalue weighted by Crippen LogP contribution is 2.13. The molecule has 0 radical (unpaired) electrons. The van der Waals surface area contributed by atoms with Gasteiger partial charge in [0.05, 0.1) is 6.61 Å². The molecular formula is C13H21N3O3S. The topological polar surface area (TPSA) is 84.1 Å². The van der Waals surface area contributed by atoms with E-state index in [1.165, 1.54) is 24.0 Å². The number of thioether (sulfide) groups is 1. The molecule has 7 heteroatoms. The van der Waals surface area contributed by atoms with Gasteiger partial charge in [-0.1, -0.05) is 18.7 Å². The fourth-order valence-corrected chi connectivity index (χ4v) is 2.42. The normalized spacial score (nSPS) is 12.1. The van der Waals surface area contributed by atoms with Gasteiger partial charge in [0.25, 0.3) is 5.56 Å². The Morgan fingerprint density at radius 1 is 1.55 bits per heavy atom. The third-order valence-electron chi connectivity index (χ3n) is 2.50. The molecule has 0 fully saturated rings. The molecule has 1 atom stereocenters. The van der Waals surface area contributed by atoms with Gasteiger partial charge in [-0.15, -0.1) is 0 Å². The summed E-state index contributed by atoms with van der Waals surface area (Å²) in [5.41, 5.74) is -0.173. The van der Waals surface area contributed by atoms with Crippen molar-refractivity contribution in [1.29, 1.82) is 0 Å². The number of rotatable bonds is 9. The number of nitrogens with zero attached hydrogens (tertiary/aromatic N) is 1. The van der Waals surface area contributed by atoms with Crippen LogP contribution in [0.4, 0.5) is 0 Å². The first-order valence-corrected chi connectivity index (χ1v) is 7.74. The van der Waals surface area contributed by atoms with Crippen molar-refractivity contribution in [2.75, 3.05) is 18.9 Å². The van der Waals surface area contributed by atoms with E-state index in [4.69, 9.17) is 4.74 Å². The van der Waals surface area contributed by atoms with E-state index in [2.05, 4.69) is 15.3 Å². The highest BCUT2D eigenvalue weighted by molar-refractivity contribution is 7.99. The maximum absolute atomic E-state index is 11.8. The molecule has 6 nitrogen and oxygen atoms in total. The molecule has 0 aliphatic rings. The van der Waals surface area contributed by atoms with Gasteiger partial charge in [0.15, 0.2) is 5.16 Å². The lowest BCUT2D eigenvalue weighted by Crippen LogP contribution is -2.39. The summed E-state index contributed by atoms with van der Waals surface area (Å²) in [5, 5.41) is 3.74. The second-order valence-corrected chi connectivity index (χ2v) is 5.22. The molecule has 1 unspecified atom stereocenters. The Bertz CT molecular complexity index is 464. The van der Waals surface area contributed by atoms with Crippen molar-refractivity contribution < 1.29 is 9.53 Å². The van der Waals surface area contributed by atoms with Crippen molar-refractivity contribution in [3.8, 4) is 0 Å². The van der Waals surface area contributed by atoms with Crippen LogP contribution in [0.3, 0.4) is 0 Å². The summed E-state index contributed by atoms with van der Waals surface area (Å²) in [6.07, 6.45) is 3.05. The van der Waals surface area contributed by atoms with Crippen LogP contribution in [0.5, 0.6) is 0 Å². The number of hydrogen-bond donors (Lipinski definition) is 2. The Balaban J connectivity index is 2.44. The number of ether oxygens (including phenoxy) is 1. The van der Waals surface area contributed by atoms with E-state index in [0.717, 1.165) is 13.0 Å². The minimum absolute atomic E-state index is 0.173. The first-order chi connectivity index (χ1) is 9.67. The molecular weight excluding hydrogens is 278 g/mol. The first kappa shape index (κ1) is 16.7. The second-order valence-electron chi connectivity index (χ2n) is 4.14. The lowest BCUT2D eigenvalue weighted by molar-refractivity contribution is -0.145. The van der Waals surface area contributed by atoms with Gasteiger partial charge >= 0.3 is 5.97 Å². The quantitative estimate of drug-likeness (QED) is 0.405. The predicted octanol–water partition coefficient (Wildman–Crippen LogP) is 1.18. The van der Waals surface area contributed by atoms with E-state index >= 15 is 0 Å². The van der Waals surface area contributed by atoms with Crippen LogP contribution in [0, 0.1) is 0 Å². The maximum atomic E-state index is 11.8. The minimum Gasteiger partial charge on any atom is -0.465 e. The molecule has 2 N–H and O–H groups in total. The lowest BCUT2D eigenvalue weighted by atomic mass is 10.2. The molecule has 1 aromatic heterocycles. The summed E-state index contributed by atoms with van der Waals surface area (Å²) >= 11 is 1.42. The van der Waals surface area contributed by atoms with E-state index in [0.29, 0.717) is 23.9 Å². The average Bonchev–Trinajstić information content (AvgIpc) is 2.43. The van der Waals surface area contributed by atoms with Crippen molar-refractivity contribution in [2.24, 2.45) is 0 Å².